The Morgan fingerprint density at radius 3 is 1.40 bits per heavy atom. The van der Waals surface area contributed by atoms with E-state index in [1.54, 1.807) is 0 Å². The summed E-state index contributed by atoms with van der Waals surface area (Å²) in [4.78, 5) is 0. The Morgan fingerprint density at radius 1 is 0.240 bits per heavy atom. The molecule has 2 aromatic heterocycles. The van der Waals surface area contributed by atoms with Gasteiger partial charge in [0.1, 0.15) is 0 Å². The van der Waals surface area contributed by atoms with Crippen LogP contribution in [0.2, 0.25) is 0 Å². The van der Waals surface area contributed by atoms with Gasteiger partial charge in [0.2, 0.25) is 0 Å². The maximum absolute atomic E-state index is 2.45. The van der Waals surface area contributed by atoms with Crippen LogP contribution in [0.25, 0.3) is 106 Å². The van der Waals surface area contributed by atoms with Crippen molar-refractivity contribution in [1.82, 2.24) is 0 Å². The van der Waals surface area contributed by atoms with Crippen LogP contribution in [0.5, 0.6) is 0 Å². The van der Waals surface area contributed by atoms with E-state index in [2.05, 4.69) is 170 Å². The molecule has 11 rings (SSSR count). The van der Waals surface area contributed by atoms with Crippen LogP contribution in [0.4, 0.5) is 0 Å². The fourth-order valence-corrected chi connectivity index (χ4v) is 10.6. The minimum atomic E-state index is 1.24. The van der Waals surface area contributed by atoms with Gasteiger partial charge in [-0.25, -0.2) is 0 Å². The van der Waals surface area contributed by atoms with Crippen LogP contribution in [0.3, 0.4) is 0 Å². The highest BCUT2D eigenvalue weighted by molar-refractivity contribution is 7.28. The summed E-state index contributed by atoms with van der Waals surface area (Å²) in [5.74, 6) is 0. The van der Waals surface area contributed by atoms with E-state index in [4.69, 9.17) is 0 Å². The van der Waals surface area contributed by atoms with E-state index < -0.39 is 0 Å². The molecule has 0 amide bonds. The van der Waals surface area contributed by atoms with Crippen molar-refractivity contribution in [2.45, 2.75) is 0 Å². The highest BCUT2D eigenvalue weighted by Gasteiger charge is 2.20. The smallest absolute Gasteiger partial charge is 0.0369 e. The fraction of sp³-hybridized carbons (Fsp3) is 0. The van der Waals surface area contributed by atoms with Crippen LogP contribution in [-0.2, 0) is 0 Å². The highest BCUT2D eigenvalue weighted by atomic mass is 32.1. The molecule has 0 N–H and O–H groups in total. The Hall–Kier alpha value is -5.80. The van der Waals surface area contributed by atoms with E-state index >= 15 is 0 Å². The van der Waals surface area contributed by atoms with Crippen LogP contribution >= 0.6 is 22.7 Å². The Bertz CT molecular complexity index is 3080. The summed E-state index contributed by atoms with van der Waals surface area (Å²) >= 11 is 3.80. The lowest BCUT2D eigenvalue weighted by molar-refractivity contribution is 1.64. The van der Waals surface area contributed by atoms with Crippen molar-refractivity contribution < 1.29 is 0 Å². The molecule has 0 saturated carbocycles. The summed E-state index contributed by atoms with van der Waals surface area (Å²) in [6.45, 7) is 0. The summed E-state index contributed by atoms with van der Waals surface area (Å²) in [5.41, 5.74) is 7.63. The van der Waals surface area contributed by atoms with Gasteiger partial charge in [0.15, 0.2) is 0 Å². The van der Waals surface area contributed by atoms with E-state index in [-0.39, 0.29) is 0 Å². The van der Waals surface area contributed by atoms with Gasteiger partial charge in [-0.05, 0) is 96.0 Å². The highest BCUT2D eigenvalue weighted by Crippen LogP contribution is 2.48. The normalized spacial score (nSPS) is 12.0. The number of hydrogen-bond donors (Lipinski definition) is 0. The Kier molecular flexibility index (Phi) is 6.09. The molecule has 0 atom stereocenters. The Balaban J connectivity index is 1.19. The fourth-order valence-electron chi connectivity index (χ4n) is 8.27. The van der Waals surface area contributed by atoms with Crippen molar-refractivity contribution in [1.29, 1.82) is 0 Å². The van der Waals surface area contributed by atoms with Crippen LogP contribution < -0.4 is 0 Å². The van der Waals surface area contributed by atoms with E-state index in [0.29, 0.717) is 0 Å². The average Bonchev–Trinajstić information content (AvgIpc) is 3.72. The summed E-state index contributed by atoms with van der Waals surface area (Å²) in [6.07, 6.45) is 0. The Labute approximate surface area is 297 Å². The van der Waals surface area contributed by atoms with Gasteiger partial charge in [0.05, 0.1) is 0 Å². The monoisotopic (exact) mass is 668 g/mol. The molecule has 50 heavy (non-hydrogen) atoms. The van der Waals surface area contributed by atoms with Crippen LogP contribution in [0.15, 0.2) is 170 Å². The number of rotatable bonds is 3. The first-order valence-electron chi connectivity index (χ1n) is 17.1. The maximum atomic E-state index is 2.45. The van der Waals surface area contributed by atoms with Crippen molar-refractivity contribution in [2.75, 3.05) is 0 Å². The van der Waals surface area contributed by atoms with Crippen molar-refractivity contribution in [3.8, 4) is 33.4 Å². The molecule has 0 radical (unpaired) electrons. The summed E-state index contributed by atoms with van der Waals surface area (Å²) in [6, 6.07) is 63.1. The molecule has 11 aromatic rings. The molecular formula is C48H28S2. The molecule has 0 saturated heterocycles. The quantitative estimate of drug-likeness (QED) is 0.164. The van der Waals surface area contributed by atoms with Crippen molar-refractivity contribution in [3.63, 3.8) is 0 Å². The largest absolute Gasteiger partial charge is 0.135 e. The topological polar surface area (TPSA) is 0 Å². The third kappa shape index (κ3) is 4.10. The lowest BCUT2D eigenvalue weighted by Gasteiger charge is -2.19. The molecule has 0 aliphatic carbocycles. The molecule has 232 valence electrons. The van der Waals surface area contributed by atoms with Gasteiger partial charge in [-0.1, -0.05) is 140 Å². The zero-order valence-corrected chi connectivity index (χ0v) is 28.6. The SMILES string of the molecule is c1ccc(-c2ccc(-c3c4ccccc4c(-c4ccc5sc6cc7sc8ccccc8c7cc6c5c4)c4ccccc34)c3ccccc23)cc1. The zero-order valence-electron chi connectivity index (χ0n) is 27.0. The number of benzene rings is 9. The Morgan fingerprint density at radius 2 is 0.720 bits per heavy atom. The second-order valence-electron chi connectivity index (χ2n) is 13.2. The van der Waals surface area contributed by atoms with Gasteiger partial charge in [-0.15, -0.1) is 22.7 Å². The molecule has 0 fully saturated rings. The van der Waals surface area contributed by atoms with E-state index in [0.717, 1.165) is 0 Å². The molecule has 0 aliphatic rings. The summed E-state index contributed by atoms with van der Waals surface area (Å²) in [7, 11) is 0. The number of thiophene rings is 2. The number of fused-ring (bicyclic) bond motifs is 9. The van der Waals surface area contributed by atoms with Crippen molar-refractivity contribution in [2.24, 2.45) is 0 Å². The zero-order chi connectivity index (χ0) is 32.8. The average molecular weight is 669 g/mol. The molecule has 0 unspecified atom stereocenters. The van der Waals surface area contributed by atoms with E-state index in [9.17, 15) is 0 Å². The summed E-state index contributed by atoms with van der Waals surface area (Å²) < 4.78 is 5.40. The first kappa shape index (κ1) is 28.1. The minimum Gasteiger partial charge on any atom is -0.135 e. The molecule has 2 heteroatoms. The second-order valence-corrected chi connectivity index (χ2v) is 15.3. The second kappa shape index (κ2) is 10.9. The lowest BCUT2D eigenvalue weighted by atomic mass is 9.83. The molecule has 2 heterocycles. The first-order valence-corrected chi connectivity index (χ1v) is 18.7. The molecule has 9 aromatic carbocycles. The predicted octanol–water partition coefficient (Wildman–Crippen LogP) is 14.9. The molecule has 0 bridgehead atoms. The molecule has 0 aliphatic heterocycles. The first-order chi connectivity index (χ1) is 24.8. The van der Waals surface area contributed by atoms with Crippen LogP contribution in [0, 0.1) is 0 Å². The van der Waals surface area contributed by atoms with Gasteiger partial charge < -0.3 is 0 Å². The van der Waals surface area contributed by atoms with Crippen LogP contribution in [-0.4, -0.2) is 0 Å². The lowest BCUT2D eigenvalue weighted by Crippen LogP contribution is -1.92. The maximum Gasteiger partial charge on any atom is 0.0369 e. The molecule has 0 spiro atoms. The van der Waals surface area contributed by atoms with Gasteiger partial charge in [-0.2, -0.15) is 0 Å². The minimum absolute atomic E-state index is 1.24. The van der Waals surface area contributed by atoms with E-state index in [1.165, 1.54) is 106 Å². The third-order valence-electron chi connectivity index (χ3n) is 10.5. The van der Waals surface area contributed by atoms with Gasteiger partial charge in [0.25, 0.3) is 0 Å². The van der Waals surface area contributed by atoms with Gasteiger partial charge in [-0.3, -0.25) is 0 Å². The van der Waals surface area contributed by atoms with Crippen molar-refractivity contribution >= 4 is 95.3 Å². The third-order valence-corrected chi connectivity index (χ3v) is 12.7. The predicted molar refractivity (Wildman–Crippen MR) is 221 cm³/mol. The molecule has 0 nitrogen and oxygen atoms in total. The standard InChI is InChI=1S/C48H28S2/c1-2-12-29(13-3-1)31-23-24-39(33-15-5-4-14-32(31)33)48-37-19-8-6-17-35(37)47(36-18-7-9-20-38(36)48)30-22-25-44-40(26-30)42-27-41-34-16-10-11-21-43(34)49-45(41)28-46(42)50-44/h1-28H. The summed E-state index contributed by atoms with van der Waals surface area (Å²) in [5, 5.41) is 13.0. The van der Waals surface area contributed by atoms with Crippen molar-refractivity contribution in [3.05, 3.63) is 170 Å². The van der Waals surface area contributed by atoms with Gasteiger partial charge >= 0.3 is 0 Å². The van der Waals surface area contributed by atoms with Gasteiger partial charge in [0, 0.05) is 40.3 Å². The molecular weight excluding hydrogens is 641 g/mol. The van der Waals surface area contributed by atoms with E-state index in [1.807, 2.05) is 22.7 Å². The van der Waals surface area contributed by atoms with Crippen LogP contribution in [0.1, 0.15) is 0 Å². The number of hydrogen-bond acceptors (Lipinski definition) is 2.